The summed E-state index contributed by atoms with van der Waals surface area (Å²) in [7, 11) is 0. The third kappa shape index (κ3) is 2.92. The van der Waals surface area contributed by atoms with Gasteiger partial charge in [-0.3, -0.25) is 9.59 Å². The third-order valence-electron chi connectivity index (χ3n) is 3.76. The van der Waals surface area contributed by atoms with Gasteiger partial charge < -0.3 is 16.0 Å². The standard InChI is InChI=1S/C15H21N3O2/c1-10-12(6-5-7-13(10)16)14(19)17-11(2)15(20)18-8-3-4-9-18/h5-7,11H,3-4,8-9,16H2,1-2H3,(H,17,19). The first kappa shape index (κ1) is 14.4. The smallest absolute Gasteiger partial charge is 0.252 e. The van der Waals surface area contributed by atoms with Crippen molar-refractivity contribution in [1.82, 2.24) is 10.2 Å². The predicted molar refractivity (Wildman–Crippen MR) is 78.3 cm³/mol. The molecule has 2 rings (SSSR count). The number of carbonyl (C=O) groups excluding carboxylic acids is 2. The van der Waals surface area contributed by atoms with E-state index >= 15 is 0 Å². The molecule has 5 nitrogen and oxygen atoms in total. The van der Waals surface area contributed by atoms with Crippen LogP contribution in [0.15, 0.2) is 18.2 Å². The number of nitrogens with one attached hydrogen (secondary N) is 1. The van der Waals surface area contributed by atoms with E-state index in [9.17, 15) is 9.59 Å². The Kier molecular flexibility index (Phi) is 4.27. The molecule has 0 radical (unpaired) electrons. The molecule has 0 spiro atoms. The van der Waals surface area contributed by atoms with Crippen LogP contribution in [-0.4, -0.2) is 35.8 Å². The summed E-state index contributed by atoms with van der Waals surface area (Å²) < 4.78 is 0. The zero-order valence-electron chi connectivity index (χ0n) is 12.0. The van der Waals surface area contributed by atoms with Crippen molar-refractivity contribution in [3.8, 4) is 0 Å². The lowest BCUT2D eigenvalue weighted by Crippen LogP contribution is -2.46. The molecule has 1 saturated heterocycles. The van der Waals surface area contributed by atoms with Crippen molar-refractivity contribution >= 4 is 17.5 Å². The Morgan fingerprint density at radius 3 is 2.60 bits per heavy atom. The van der Waals surface area contributed by atoms with E-state index < -0.39 is 6.04 Å². The Morgan fingerprint density at radius 2 is 1.95 bits per heavy atom. The molecular weight excluding hydrogens is 254 g/mol. The van der Waals surface area contributed by atoms with Crippen LogP contribution in [0.5, 0.6) is 0 Å². The van der Waals surface area contributed by atoms with Crippen LogP contribution in [0, 0.1) is 6.92 Å². The quantitative estimate of drug-likeness (QED) is 0.817. The number of nitrogen functional groups attached to an aromatic ring is 1. The molecule has 20 heavy (non-hydrogen) atoms. The van der Waals surface area contributed by atoms with E-state index in [0.717, 1.165) is 31.5 Å². The molecule has 1 aliphatic rings. The number of nitrogens with zero attached hydrogens (tertiary/aromatic N) is 1. The van der Waals surface area contributed by atoms with Crippen LogP contribution < -0.4 is 11.1 Å². The third-order valence-corrected chi connectivity index (χ3v) is 3.76. The van der Waals surface area contributed by atoms with Gasteiger partial charge in [-0.1, -0.05) is 6.07 Å². The van der Waals surface area contributed by atoms with E-state index in [1.54, 1.807) is 36.9 Å². The van der Waals surface area contributed by atoms with E-state index in [0.29, 0.717) is 11.3 Å². The lowest BCUT2D eigenvalue weighted by atomic mass is 10.1. The normalized spacial score (nSPS) is 16.0. The SMILES string of the molecule is Cc1c(N)cccc1C(=O)NC(C)C(=O)N1CCCC1. The van der Waals surface area contributed by atoms with E-state index in [4.69, 9.17) is 5.73 Å². The van der Waals surface area contributed by atoms with Gasteiger partial charge in [-0.15, -0.1) is 0 Å². The van der Waals surface area contributed by atoms with Gasteiger partial charge in [0.15, 0.2) is 0 Å². The largest absolute Gasteiger partial charge is 0.398 e. The number of likely N-dealkylation sites (tertiary alicyclic amines) is 1. The maximum Gasteiger partial charge on any atom is 0.252 e. The molecule has 0 aliphatic carbocycles. The molecule has 5 heteroatoms. The molecule has 1 aromatic carbocycles. The number of benzene rings is 1. The highest BCUT2D eigenvalue weighted by Crippen LogP contribution is 2.16. The monoisotopic (exact) mass is 275 g/mol. The minimum atomic E-state index is -0.513. The minimum Gasteiger partial charge on any atom is -0.398 e. The van der Waals surface area contributed by atoms with Gasteiger partial charge in [-0.25, -0.2) is 0 Å². The Morgan fingerprint density at radius 1 is 1.30 bits per heavy atom. The predicted octanol–water partition coefficient (Wildman–Crippen LogP) is 1.32. The van der Waals surface area contributed by atoms with E-state index in [1.165, 1.54) is 0 Å². The number of nitrogens with two attached hydrogens (primary N) is 1. The van der Waals surface area contributed by atoms with Crippen LogP contribution in [0.1, 0.15) is 35.7 Å². The fraction of sp³-hybridized carbons (Fsp3) is 0.467. The molecule has 1 heterocycles. The second kappa shape index (κ2) is 5.94. The van der Waals surface area contributed by atoms with Gasteiger partial charge in [0.25, 0.3) is 5.91 Å². The van der Waals surface area contributed by atoms with E-state index in [2.05, 4.69) is 5.32 Å². The summed E-state index contributed by atoms with van der Waals surface area (Å²) in [5.41, 5.74) is 7.63. The summed E-state index contributed by atoms with van der Waals surface area (Å²) in [5.74, 6) is -0.271. The van der Waals surface area contributed by atoms with Crippen LogP contribution >= 0.6 is 0 Å². The molecule has 1 unspecified atom stereocenters. The second-order valence-electron chi connectivity index (χ2n) is 5.25. The molecule has 3 N–H and O–H groups in total. The highest BCUT2D eigenvalue weighted by molar-refractivity contribution is 5.99. The molecule has 1 aliphatic heterocycles. The van der Waals surface area contributed by atoms with Crippen molar-refractivity contribution in [3.63, 3.8) is 0 Å². The van der Waals surface area contributed by atoms with Gasteiger partial charge in [0.05, 0.1) is 0 Å². The van der Waals surface area contributed by atoms with Gasteiger partial charge in [-0.05, 0) is 44.4 Å². The lowest BCUT2D eigenvalue weighted by molar-refractivity contribution is -0.131. The van der Waals surface area contributed by atoms with Crippen LogP contribution in [0.3, 0.4) is 0 Å². The van der Waals surface area contributed by atoms with Crippen LogP contribution in [-0.2, 0) is 4.79 Å². The van der Waals surface area contributed by atoms with Crippen LogP contribution in [0.4, 0.5) is 5.69 Å². The summed E-state index contributed by atoms with van der Waals surface area (Å²) in [6, 6.07) is 4.70. The highest BCUT2D eigenvalue weighted by Gasteiger charge is 2.25. The minimum absolute atomic E-state index is 0.0163. The van der Waals surface area contributed by atoms with Gasteiger partial charge in [0.2, 0.25) is 5.91 Å². The summed E-state index contributed by atoms with van der Waals surface area (Å²) >= 11 is 0. The highest BCUT2D eigenvalue weighted by atomic mass is 16.2. The molecule has 0 aromatic heterocycles. The van der Waals surface area contributed by atoms with Crippen molar-refractivity contribution in [1.29, 1.82) is 0 Å². The van der Waals surface area contributed by atoms with Crippen molar-refractivity contribution in [3.05, 3.63) is 29.3 Å². The average molecular weight is 275 g/mol. The van der Waals surface area contributed by atoms with Crippen molar-refractivity contribution in [2.75, 3.05) is 18.8 Å². The molecule has 108 valence electrons. The molecule has 0 bridgehead atoms. The van der Waals surface area contributed by atoms with Gasteiger partial charge in [0, 0.05) is 24.3 Å². The first-order valence-corrected chi connectivity index (χ1v) is 6.95. The Labute approximate surface area is 119 Å². The molecule has 1 aromatic rings. The molecular formula is C15H21N3O2. The maximum atomic E-state index is 12.2. The Hall–Kier alpha value is -2.04. The molecule has 1 atom stereocenters. The van der Waals surface area contributed by atoms with Gasteiger partial charge >= 0.3 is 0 Å². The Balaban J connectivity index is 2.03. The average Bonchev–Trinajstić information content (AvgIpc) is 2.94. The zero-order valence-corrected chi connectivity index (χ0v) is 12.0. The number of hydrogen-bond acceptors (Lipinski definition) is 3. The maximum absolute atomic E-state index is 12.2. The summed E-state index contributed by atoms with van der Waals surface area (Å²) in [5, 5.41) is 2.76. The number of rotatable bonds is 3. The summed E-state index contributed by atoms with van der Waals surface area (Å²) in [6.45, 7) is 5.10. The molecule has 2 amide bonds. The lowest BCUT2D eigenvalue weighted by Gasteiger charge is -2.21. The van der Waals surface area contributed by atoms with E-state index in [1.807, 2.05) is 0 Å². The first-order chi connectivity index (χ1) is 9.50. The molecule has 0 saturated carbocycles. The van der Waals surface area contributed by atoms with E-state index in [-0.39, 0.29) is 11.8 Å². The second-order valence-corrected chi connectivity index (χ2v) is 5.25. The summed E-state index contributed by atoms with van der Waals surface area (Å²) in [4.78, 5) is 26.2. The number of amides is 2. The van der Waals surface area contributed by atoms with Crippen LogP contribution in [0.25, 0.3) is 0 Å². The first-order valence-electron chi connectivity index (χ1n) is 6.95. The summed E-state index contributed by atoms with van der Waals surface area (Å²) in [6.07, 6.45) is 2.08. The van der Waals surface area contributed by atoms with Crippen LogP contribution in [0.2, 0.25) is 0 Å². The molecule has 1 fully saturated rings. The Bertz CT molecular complexity index is 522. The zero-order chi connectivity index (χ0) is 14.7. The van der Waals surface area contributed by atoms with Crippen molar-refractivity contribution in [2.24, 2.45) is 0 Å². The topological polar surface area (TPSA) is 75.4 Å². The number of carbonyl (C=O) groups is 2. The number of anilines is 1. The van der Waals surface area contributed by atoms with Gasteiger partial charge in [0.1, 0.15) is 6.04 Å². The van der Waals surface area contributed by atoms with Crippen molar-refractivity contribution in [2.45, 2.75) is 32.7 Å². The van der Waals surface area contributed by atoms with Crippen molar-refractivity contribution < 1.29 is 9.59 Å². The fourth-order valence-corrected chi connectivity index (χ4v) is 2.45. The number of hydrogen-bond donors (Lipinski definition) is 2. The fourth-order valence-electron chi connectivity index (χ4n) is 2.45. The van der Waals surface area contributed by atoms with Gasteiger partial charge in [-0.2, -0.15) is 0 Å².